The van der Waals surface area contributed by atoms with Gasteiger partial charge in [-0.25, -0.2) is 0 Å². The number of nitrogens with zero attached hydrogens (tertiary/aromatic N) is 4. The summed E-state index contributed by atoms with van der Waals surface area (Å²) in [6, 6.07) is 6.11. The van der Waals surface area contributed by atoms with Crippen molar-refractivity contribution < 1.29 is 9.90 Å². The van der Waals surface area contributed by atoms with Crippen LogP contribution >= 0.6 is 12.6 Å². The first kappa shape index (κ1) is 11.5. The molecule has 0 atom stereocenters. The number of carbonyl (C=O) groups excluding carboxylic acids is 1. The van der Waals surface area contributed by atoms with E-state index in [1.165, 1.54) is 12.1 Å². The third kappa shape index (κ3) is 3.00. The van der Waals surface area contributed by atoms with E-state index in [0.717, 1.165) is 0 Å². The number of anilines is 1. The van der Waals surface area contributed by atoms with Gasteiger partial charge in [0.15, 0.2) is 0 Å². The van der Waals surface area contributed by atoms with Crippen molar-refractivity contribution in [2.24, 2.45) is 20.7 Å². The molecule has 0 spiro atoms. The Balaban J connectivity index is 1.96. The molecule has 0 aromatic heterocycles. The van der Waals surface area contributed by atoms with Gasteiger partial charge in [0, 0.05) is 5.69 Å². The highest BCUT2D eigenvalue weighted by Gasteiger charge is 2.31. The molecule has 1 aromatic carbocycles. The van der Waals surface area contributed by atoms with E-state index < -0.39 is 4.99 Å². The van der Waals surface area contributed by atoms with Crippen molar-refractivity contribution in [3.8, 4) is 5.75 Å². The topological polar surface area (TPSA) is 98.8 Å². The lowest BCUT2D eigenvalue weighted by Crippen LogP contribution is -2.23. The van der Waals surface area contributed by atoms with E-state index in [0.29, 0.717) is 5.69 Å². The average molecular weight is 251 g/mol. The lowest BCUT2D eigenvalue weighted by atomic mass is 10.2. The zero-order chi connectivity index (χ0) is 12.3. The molecule has 2 N–H and O–H groups in total. The number of hydrogen-bond acceptors (Lipinski definition) is 7. The van der Waals surface area contributed by atoms with Gasteiger partial charge in [-0.1, -0.05) is 0 Å². The SMILES string of the molecule is O=C(CC1(S)N=NN=N1)Nc1ccc(O)cc1. The van der Waals surface area contributed by atoms with Crippen LogP contribution in [0.4, 0.5) is 5.69 Å². The number of phenolic OH excluding ortho intramolecular Hbond substituents is 1. The van der Waals surface area contributed by atoms with Crippen LogP contribution in [0.25, 0.3) is 0 Å². The van der Waals surface area contributed by atoms with Gasteiger partial charge in [0.1, 0.15) is 5.75 Å². The summed E-state index contributed by atoms with van der Waals surface area (Å²) < 4.78 is 0. The summed E-state index contributed by atoms with van der Waals surface area (Å²) in [5.41, 5.74) is 0.566. The number of hydrogen-bond donors (Lipinski definition) is 3. The number of rotatable bonds is 3. The average Bonchev–Trinajstić information content (AvgIpc) is 2.68. The summed E-state index contributed by atoms with van der Waals surface area (Å²) in [7, 11) is 0. The number of phenols is 1. The first-order valence-electron chi connectivity index (χ1n) is 4.73. The summed E-state index contributed by atoms with van der Waals surface area (Å²) >= 11 is 4.08. The van der Waals surface area contributed by atoms with E-state index in [-0.39, 0.29) is 18.1 Å². The Labute approximate surface area is 102 Å². The van der Waals surface area contributed by atoms with Gasteiger partial charge in [0.25, 0.3) is 0 Å². The number of carbonyl (C=O) groups is 1. The highest BCUT2D eigenvalue weighted by Crippen LogP contribution is 2.28. The molecule has 8 heteroatoms. The molecule has 1 aliphatic rings. The van der Waals surface area contributed by atoms with E-state index >= 15 is 0 Å². The second-order valence-corrected chi connectivity index (χ2v) is 4.14. The molecule has 1 heterocycles. The molecule has 88 valence electrons. The van der Waals surface area contributed by atoms with Crippen molar-refractivity contribution in [2.45, 2.75) is 11.4 Å². The fraction of sp³-hybridized carbons (Fsp3) is 0.222. The van der Waals surface area contributed by atoms with Gasteiger partial charge < -0.3 is 10.4 Å². The molecule has 1 aromatic rings. The molecule has 0 saturated heterocycles. The van der Waals surface area contributed by atoms with Crippen LogP contribution in [-0.4, -0.2) is 16.0 Å². The second-order valence-electron chi connectivity index (χ2n) is 3.43. The van der Waals surface area contributed by atoms with Crippen molar-refractivity contribution in [3.05, 3.63) is 24.3 Å². The fourth-order valence-corrected chi connectivity index (χ4v) is 1.46. The highest BCUT2D eigenvalue weighted by atomic mass is 32.1. The van der Waals surface area contributed by atoms with Gasteiger partial charge in [-0.05, 0) is 34.7 Å². The first-order valence-corrected chi connectivity index (χ1v) is 5.17. The third-order valence-corrected chi connectivity index (χ3v) is 2.34. The van der Waals surface area contributed by atoms with Crippen LogP contribution in [0.2, 0.25) is 0 Å². The molecule has 17 heavy (non-hydrogen) atoms. The zero-order valence-electron chi connectivity index (χ0n) is 8.61. The number of benzene rings is 1. The van der Waals surface area contributed by atoms with Crippen LogP contribution in [-0.2, 0) is 4.79 Å². The molecule has 0 bridgehead atoms. The molecular weight excluding hydrogens is 242 g/mol. The lowest BCUT2D eigenvalue weighted by molar-refractivity contribution is -0.116. The van der Waals surface area contributed by atoms with E-state index in [4.69, 9.17) is 5.11 Å². The van der Waals surface area contributed by atoms with Crippen LogP contribution in [0.1, 0.15) is 6.42 Å². The first-order chi connectivity index (χ1) is 8.07. The number of thiol groups is 1. The molecule has 0 fully saturated rings. The summed E-state index contributed by atoms with van der Waals surface area (Å²) in [4.78, 5) is 10.4. The Hall–Kier alpha value is -1.96. The number of aromatic hydroxyl groups is 1. The molecule has 0 aliphatic carbocycles. The van der Waals surface area contributed by atoms with Crippen molar-refractivity contribution in [3.63, 3.8) is 0 Å². The molecule has 0 radical (unpaired) electrons. The Bertz CT molecular complexity index is 473. The van der Waals surface area contributed by atoms with Gasteiger partial charge >= 0.3 is 0 Å². The molecule has 7 nitrogen and oxygen atoms in total. The Morgan fingerprint density at radius 1 is 1.29 bits per heavy atom. The summed E-state index contributed by atoms with van der Waals surface area (Å²) in [5.74, 6) is -0.183. The van der Waals surface area contributed by atoms with Crippen LogP contribution in [0.3, 0.4) is 0 Å². The number of nitrogens with one attached hydrogen (secondary N) is 1. The molecule has 0 unspecified atom stereocenters. The largest absolute Gasteiger partial charge is 0.508 e. The Kier molecular flexibility index (Phi) is 3.05. The molecule has 1 amide bonds. The van der Waals surface area contributed by atoms with Crippen LogP contribution < -0.4 is 5.32 Å². The van der Waals surface area contributed by atoms with Gasteiger partial charge in [-0.3, -0.25) is 4.79 Å². The van der Waals surface area contributed by atoms with Crippen LogP contribution in [0.5, 0.6) is 5.75 Å². The van der Waals surface area contributed by atoms with Crippen molar-refractivity contribution in [1.82, 2.24) is 0 Å². The Morgan fingerprint density at radius 2 is 1.88 bits per heavy atom. The molecule has 2 rings (SSSR count). The maximum absolute atomic E-state index is 11.6. The Morgan fingerprint density at radius 3 is 2.47 bits per heavy atom. The van der Waals surface area contributed by atoms with E-state index in [2.05, 4.69) is 38.6 Å². The monoisotopic (exact) mass is 251 g/mol. The van der Waals surface area contributed by atoms with Crippen LogP contribution in [0.15, 0.2) is 44.9 Å². The smallest absolute Gasteiger partial charge is 0.246 e. The summed E-state index contributed by atoms with van der Waals surface area (Å²) in [6.07, 6.45) is -0.0655. The minimum Gasteiger partial charge on any atom is -0.508 e. The predicted molar refractivity (Wildman–Crippen MR) is 62.8 cm³/mol. The number of amides is 1. The van der Waals surface area contributed by atoms with Crippen molar-refractivity contribution >= 4 is 24.2 Å². The van der Waals surface area contributed by atoms with E-state index in [1.54, 1.807) is 12.1 Å². The van der Waals surface area contributed by atoms with Gasteiger partial charge in [-0.15, -0.1) is 22.9 Å². The van der Waals surface area contributed by atoms with Crippen molar-refractivity contribution in [1.29, 1.82) is 0 Å². The second kappa shape index (κ2) is 4.50. The maximum atomic E-state index is 11.6. The standard InChI is InChI=1S/C9H9N5O2S/c15-7-3-1-6(2-4-7)10-8(16)5-9(17)11-13-14-12-9/h1-4,15,17H,5H2,(H,10,16). The van der Waals surface area contributed by atoms with Gasteiger partial charge in [0.05, 0.1) is 6.42 Å². The van der Waals surface area contributed by atoms with E-state index in [9.17, 15) is 4.79 Å². The lowest BCUT2D eigenvalue weighted by Gasteiger charge is -2.12. The summed E-state index contributed by atoms with van der Waals surface area (Å²) in [5, 5.41) is 25.5. The van der Waals surface area contributed by atoms with E-state index in [1.807, 2.05) is 0 Å². The quantitative estimate of drug-likeness (QED) is 0.566. The molecule has 1 aliphatic heterocycles. The predicted octanol–water partition coefficient (Wildman–Crippen LogP) is 2.14. The summed E-state index contributed by atoms with van der Waals surface area (Å²) in [6.45, 7) is 0. The molecule has 0 saturated carbocycles. The minimum atomic E-state index is -1.21. The van der Waals surface area contributed by atoms with Gasteiger partial charge in [0.2, 0.25) is 10.9 Å². The molecular formula is C9H9N5O2S. The highest BCUT2D eigenvalue weighted by molar-refractivity contribution is 7.81. The van der Waals surface area contributed by atoms with Gasteiger partial charge in [-0.2, -0.15) is 0 Å². The zero-order valence-corrected chi connectivity index (χ0v) is 9.50. The minimum absolute atomic E-state index is 0.0655. The van der Waals surface area contributed by atoms with Crippen molar-refractivity contribution in [2.75, 3.05) is 5.32 Å². The third-order valence-electron chi connectivity index (χ3n) is 2.00. The van der Waals surface area contributed by atoms with Crippen LogP contribution in [0, 0.1) is 0 Å². The normalized spacial score (nSPS) is 16.1. The fourth-order valence-electron chi connectivity index (χ4n) is 1.24. The maximum Gasteiger partial charge on any atom is 0.246 e.